The molecule has 68 valence electrons. The van der Waals surface area contributed by atoms with E-state index in [2.05, 4.69) is 14.9 Å². The van der Waals surface area contributed by atoms with E-state index in [0.29, 0.717) is 24.7 Å². The molecular weight excluding hydrogens is 162 g/mol. The second kappa shape index (κ2) is 4.03. The summed E-state index contributed by atoms with van der Waals surface area (Å²) in [4.78, 5) is 0. The molecule has 1 aromatic rings. The maximum Gasteiger partial charge on any atom is 0.219 e. The van der Waals surface area contributed by atoms with E-state index < -0.39 is 0 Å². The number of hydrogen-bond acceptors (Lipinski definition) is 6. The molecule has 0 aliphatic rings. The molecule has 0 atom stereocenters. The Hall–Kier alpha value is -1.14. The topological polar surface area (TPSA) is 71.6 Å². The first-order valence-electron chi connectivity index (χ1n) is 3.50. The van der Waals surface area contributed by atoms with Crippen LogP contribution in [0.25, 0.3) is 0 Å². The van der Waals surface area contributed by atoms with Crippen molar-refractivity contribution in [2.75, 3.05) is 25.3 Å². The van der Waals surface area contributed by atoms with Crippen LogP contribution in [0, 0.1) is 6.92 Å². The molecule has 1 heterocycles. The van der Waals surface area contributed by atoms with Crippen LogP contribution in [0.5, 0.6) is 0 Å². The third-order valence-corrected chi connectivity index (χ3v) is 1.38. The zero-order valence-electron chi connectivity index (χ0n) is 7.02. The lowest BCUT2D eigenvalue weighted by molar-refractivity contribution is 0.163. The fraction of sp³-hybridized carbons (Fsp3) is 0.667. The Morgan fingerprint density at radius 3 is 2.83 bits per heavy atom. The minimum Gasteiger partial charge on any atom is -0.383 e. The van der Waals surface area contributed by atoms with Gasteiger partial charge in [0.1, 0.15) is 5.69 Å². The van der Waals surface area contributed by atoms with Gasteiger partial charge in [-0.15, -0.1) is 0 Å². The van der Waals surface area contributed by atoms with Gasteiger partial charge in [-0.1, -0.05) is 5.16 Å². The standard InChI is InChI=1S/C6H11N3O3/c1-5-6(8-12-7-5)9(10)3-4-11-2/h10H,3-4H2,1-2H3. The van der Waals surface area contributed by atoms with E-state index in [0.717, 1.165) is 5.06 Å². The second-order valence-electron chi connectivity index (χ2n) is 2.29. The largest absolute Gasteiger partial charge is 0.383 e. The van der Waals surface area contributed by atoms with Crippen molar-refractivity contribution in [2.24, 2.45) is 0 Å². The van der Waals surface area contributed by atoms with Crippen molar-refractivity contribution in [3.05, 3.63) is 5.69 Å². The van der Waals surface area contributed by atoms with Crippen LogP contribution in [0.2, 0.25) is 0 Å². The van der Waals surface area contributed by atoms with Crippen LogP contribution in [0.1, 0.15) is 5.69 Å². The quantitative estimate of drug-likeness (QED) is 0.656. The Labute approximate surface area is 69.6 Å². The van der Waals surface area contributed by atoms with Crippen LogP contribution < -0.4 is 5.06 Å². The van der Waals surface area contributed by atoms with E-state index in [4.69, 9.17) is 4.74 Å². The summed E-state index contributed by atoms with van der Waals surface area (Å²) in [5, 5.41) is 17.3. The number of methoxy groups -OCH3 is 1. The van der Waals surface area contributed by atoms with Crippen LogP contribution in [-0.2, 0) is 4.74 Å². The van der Waals surface area contributed by atoms with E-state index in [1.165, 1.54) is 0 Å². The van der Waals surface area contributed by atoms with Crippen molar-refractivity contribution in [1.82, 2.24) is 10.3 Å². The Morgan fingerprint density at radius 2 is 2.33 bits per heavy atom. The minimum atomic E-state index is 0.326. The molecule has 1 rings (SSSR count). The van der Waals surface area contributed by atoms with Gasteiger partial charge in [-0.05, 0) is 12.1 Å². The molecule has 6 nitrogen and oxygen atoms in total. The van der Waals surface area contributed by atoms with E-state index in [9.17, 15) is 5.21 Å². The maximum absolute atomic E-state index is 9.31. The highest BCUT2D eigenvalue weighted by Crippen LogP contribution is 2.11. The Bertz CT molecular complexity index is 238. The average Bonchev–Trinajstić information content (AvgIpc) is 2.47. The lowest BCUT2D eigenvalue weighted by Gasteiger charge is -2.11. The summed E-state index contributed by atoms with van der Waals surface area (Å²) >= 11 is 0. The number of nitrogens with zero attached hydrogens (tertiary/aromatic N) is 3. The Balaban J connectivity index is 2.52. The normalized spacial score (nSPS) is 10.2. The van der Waals surface area contributed by atoms with Crippen LogP contribution >= 0.6 is 0 Å². The highest BCUT2D eigenvalue weighted by molar-refractivity contribution is 5.36. The first-order valence-corrected chi connectivity index (χ1v) is 3.50. The summed E-state index contributed by atoms with van der Waals surface area (Å²) < 4.78 is 9.17. The average molecular weight is 173 g/mol. The molecule has 1 aromatic heterocycles. The molecule has 0 unspecified atom stereocenters. The zero-order chi connectivity index (χ0) is 8.97. The third kappa shape index (κ3) is 1.93. The summed E-state index contributed by atoms with van der Waals surface area (Å²) in [5.74, 6) is 0.326. The number of anilines is 1. The highest BCUT2D eigenvalue weighted by atomic mass is 16.6. The maximum atomic E-state index is 9.31. The van der Waals surface area contributed by atoms with Gasteiger partial charge < -0.3 is 4.74 Å². The summed E-state index contributed by atoms with van der Waals surface area (Å²) in [6, 6.07) is 0. The number of aromatic nitrogens is 2. The number of hydrogen-bond donors (Lipinski definition) is 1. The van der Waals surface area contributed by atoms with Gasteiger partial charge in [0.05, 0.1) is 13.2 Å². The smallest absolute Gasteiger partial charge is 0.219 e. The Kier molecular flexibility index (Phi) is 3.01. The van der Waals surface area contributed by atoms with Gasteiger partial charge in [-0.25, -0.2) is 9.69 Å². The molecule has 12 heavy (non-hydrogen) atoms. The molecule has 0 fully saturated rings. The van der Waals surface area contributed by atoms with Gasteiger partial charge in [-0.2, -0.15) is 0 Å². The second-order valence-corrected chi connectivity index (χ2v) is 2.29. The van der Waals surface area contributed by atoms with Crippen LogP contribution in [0.3, 0.4) is 0 Å². The van der Waals surface area contributed by atoms with Crippen molar-refractivity contribution in [1.29, 1.82) is 0 Å². The predicted octanol–water partition coefficient (Wildman–Crippen LogP) is 0.220. The lowest BCUT2D eigenvalue weighted by Crippen LogP contribution is -2.23. The molecule has 0 spiro atoms. The monoisotopic (exact) mass is 173 g/mol. The Morgan fingerprint density at radius 1 is 1.58 bits per heavy atom. The van der Waals surface area contributed by atoms with Crippen LogP contribution in [0.4, 0.5) is 5.82 Å². The number of hydroxylamine groups is 1. The summed E-state index contributed by atoms with van der Waals surface area (Å²) in [5.41, 5.74) is 0.550. The van der Waals surface area contributed by atoms with E-state index in [1.54, 1.807) is 14.0 Å². The van der Waals surface area contributed by atoms with Crippen molar-refractivity contribution in [2.45, 2.75) is 6.92 Å². The van der Waals surface area contributed by atoms with Gasteiger partial charge in [0.25, 0.3) is 0 Å². The highest BCUT2D eigenvalue weighted by Gasteiger charge is 2.11. The van der Waals surface area contributed by atoms with Crippen molar-refractivity contribution < 1.29 is 14.6 Å². The van der Waals surface area contributed by atoms with Crippen molar-refractivity contribution in [3.63, 3.8) is 0 Å². The molecule has 0 aliphatic carbocycles. The zero-order valence-corrected chi connectivity index (χ0v) is 7.02. The summed E-state index contributed by atoms with van der Waals surface area (Å²) in [7, 11) is 1.56. The molecule has 6 heteroatoms. The van der Waals surface area contributed by atoms with Gasteiger partial charge in [0, 0.05) is 7.11 Å². The van der Waals surface area contributed by atoms with E-state index in [1.807, 2.05) is 0 Å². The third-order valence-electron chi connectivity index (χ3n) is 1.38. The SMILES string of the molecule is COCCN(O)c1nonc1C. The van der Waals surface area contributed by atoms with Gasteiger partial charge in [0.15, 0.2) is 0 Å². The van der Waals surface area contributed by atoms with Crippen molar-refractivity contribution in [3.8, 4) is 0 Å². The molecule has 1 N–H and O–H groups in total. The van der Waals surface area contributed by atoms with E-state index in [-0.39, 0.29) is 0 Å². The minimum absolute atomic E-state index is 0.326. The molecule has 0 amide bonds. The molecule has 0 radical (unpaired) electrons. The summed E-state index contributed by atoms with van der Waals surface area (Å²) in [6.45, 7) is 2.45. The number of ether oxygens (including phenoxy) is 1. The fourth-order valence-corrected chi connectivity index (χ4v) is 0.745. The van der Waals surface area contributed by atoms with Gasteiger partial charge >= 0.3 is 0 Å². The summed E-state index contributed by atoms with van der Waals surface area (Å²) in [6.07, 6.45) is 0. The predicted molar refractivity (Wildman–Crippen MR) is 40.0 cm³/mol. The lowest BCUT2D eigenvalue weighted by atomic mass is 10.5. The molecule has 0 saturated heterocycles. The first-order chi connectivity index (χ1) is 5.75. The van der Waals surface area contributed by atoms with Gasteiger partial charge in [0.2, 0.25) is 5.82 Å². The molecule has 0 aliphatic heterocycles. The van der Waals surface area contributed by atoms with Crippen LogP contribution in [0.15, 0.2) is 4.63 Å². The number of aryl methyl sites for hydroxylation is 1. The van der Waals surface area contributed by atoms with Crippen LogP contribution in [-0.4, -0.2) is 35.8 Å². The molecule has 0 aromatic carbocycles. The molecular formula is C6H11N3O3. The fourth-order valence-electron chi connectivity index (χ4n) is 0.745. The molecule has 0 bridgehead atoms. The van der Waals surface area contributed by atoms with E-state index >= 15 is 0 Å². The van der Waals surface area contributed by atoms with Gasteiger partial charge in [-0.3, -0.25) is 5.21 Å². The van der Waals surface area contributed by atoms with Crippen molar-refractivity contribution >= 4 is 5.82 Å². The number of rotatable bonds is 4. The molecule has 0 saturated carbocycles. The first kappa shape index (κ1) is 8.95.